The van der Waals surface area contributed by atoms with Gasteiger partial charge in [-0.1, -0.05) is 0 Å². The molecule has 2 heterocycles. The number of aromatic nitrogens is 1. The fourth-order valence-electron chi connectivity index (χ4n) is 1.79. The Labute approximate surface area is 96.6 Å². The average molecular weight is 246 g/mol. The molecule has 1 aromatic heterocycles. The summed E-state index contributed by atoms with van der Waals surface area (Å²) in [6, 6.07) is 1.77. The zero-order chi connectivity index (χ0) is 12.5. The molecule has 1 atom stereocenters. The summed E-state index contributed by atoms with van der Waals surface area (Å²) in [6.07, 6.45) is -2.73. The maximum Gasteiger partial charge on any atom is 0.405 e. The predicted octanol–water partition coefficient (Wildman–Crippen LogP) is 1.00. The lowest BCUT2D eigenvalue weighted by molar-refractivity contribution is -0.155. The number of hydrogen-bond acceptors (Lipinski definition) is 4. The Kier molecular flexibility index (Phi) is 3.10. The highest BCUT2D eigenvalue weighted by Gasteiger charge is 2.41. The van der Waals surface area contributed by atoms with E-state index in [1.165, 1.54) is 6.20 Å². The van der Waals surface area contributed by atoms with Gasteiger partial charge in [-0.15, -0.1) is 0 Å². The fourth-order valence-corrected chi connectivity index (χ4v) is 1.79. The minimum Gasteiger partial charge on any atom is -0.384 e. The van der Waals surface area contributed by atoms with Crippen molar-refractivity contribution < 1.29 is 13.2 Å². The van der Waals surface area contributed by atoms with Gasteiger partial charge in [-0.25, -0.2) is 4.98 Å². The van der Waals surface area contributed by atoms with Crippen molar-refractivity contribution in [3.05, 3.63) is 18.3 Å². The van der Waals surface area contributed by atoms with E-state index >= 15 is 0 Å². The van der Waals surface area contributed by atoms with Gasteiger partial charge in [0.2, 0.25) is 0 Å². The predicted molar refractivity (Wildman–Crippen MR) is 58.7 cm³/mol. The van der Waals surface area contributed by atoms with Crippen LogP contribution in [0.15, 0.2) is 18.3 Å². The Balaban J connectivity index is 2.09. The third-order valence-electron chi connectivity index (χ3n) is 2.71. The van der Waals surface area contributed by atoms with Crippen LogP contribution in [0.4, 0.5) is 24.7 Å². The van der Waals surface area contributed by atoms with Crippen LogP contribution in [0.5, 0.6) is 0 Å². The molecule has 7 heteroatoms. The molecule has 0 aliphatic carbocycles. The van der Waals surface area contributed by atoms with Crippen LogP contribution in [0, 0.1) is 0 Å². The van der Waals surface area contributed by atoms with Crippen LogP contribution in [0.1, 0.15) is 0 Å². The highest BCUT2D eigenvalue weighted by Crippen LogP contribution is 2.24. The van der Waals surface area contributed by atoms with Crippen molar-refractivity contribution in [2.75, 3.05) is 30.3 Å². The molecule has 0 bridgehead atoms. The first kappa shape index (κ1) is 12.0. The Morgan fingerprint density at radius 2 is 2.18 bits per heavy atom. The van der Waals surface area contributed by atoms with E-state index in [-0.39, 0.29) is 6.54 Å². The summed E-state index contributed by atoms with van der Waals surface area (Å²) in [6.45, 7) is 0.724. The van der Waals surface area contributed by atoms with Crippen molar-refractivity contribution in [3.63, 3.8) is 0 Å². The second-order valence-corrected chi connectivity index (χ2v) is 3.94. The van der Waals surface area contributed by atoms with Gasteiger partial charge >= 0.3 is 6.18 Å². The van der Waals surface area contributed by atoms with Gasteiger partial charge in [0.1, 0.15) is 11.9 Å². The zero-order valence-corrected chi connectivity index (χ0v) is 9.04. The van der Waals surface area contributed by atoms with Gasteiger partial charge in [0.25, 0.3) is 0 Å². The molecule has 0 radical (unpaired) electrons. The first-order valence-corrected chi connectivity index (χ1v) is 5.23. The number of alkyl halides is 3. The summed E-state index contributed by atoms with van der Waals surface area (Å²) in [4.78, 5) is 5.53. The number of nitrogen functional groups attached to an aromatic ring is 1. The van der Waals surface area contributed by atoms with Gasteiger partial charge in [-0.3, -0.25) is 0 Å². The number of anilines is 2. The first-order valence-electron chi connectivity index (χ1n) is 5.23. The van der Waals surface area contributed by atoms with E-state index in [1.54, 1.807) is 17.0 Å². The Morgan fingerprint density at radius 3 is 2.76 bits per heavy atom. The Hall–Kier alpha value is -1.50. The molecule has 0 saturated carbocycles. The van der Waals surface area contributed by atoms with Crippen molar-refractivity contribution in [3.8, 4) is 0 Å². The summed E-state index contributed by atoms with van der Waals surface area (Å²) in [5.41, 5.74) is 6.09. The van der Waals surface area contributed by atoms with Crippen molar-refractivity contribution in [2.45, 2.75) is 12.2 Å². The number of piperazine rings is 1. The molecule has 0 spiro atoms. The maximum absolute atomic E-state index is 12.6. The molecule has 1 unspecified atom stereocenters. The summed E-state index contributed by atoms with van der Waals surface area (Å²) >= 11 is 0. The average Bonchev–Trinajstić information content (AvgIpc) is 2.29. The number of rotatable bonds is 1. The smallest absolute Gasteiger partial charge is 0.384 e. The minimum atomic E-state index is -4.22. The molecule has 2 rings (SSSR count). The van der Waals surface area contributed by atoms with Crippen LogP contribution in [0.25, 0.3) is 0 Å². The van der Waals surface area contributed by atoms with Gasteiger partial charge in [0.15, 0.2) is 0 Å². The standard InChI is InChI=1S/C10H13F3N4/c11-10(12,13)8-6-17(4-3-15-8)7-1-2-9(14)16-5-7/h1-2,5,8,15H,3-4,6H2,(H2,14,16). The third-order valence-corrected chi connectivity index (χ3v) is 2.71. The monoisotopic (exact) mass is 246 g/mol. The quantitative estimate of drug-likeness (QED) is 0.776. The highest BCUT2D eigenvalue weighted by molar-refractivity contribution is 5.48. The van der Waals surface area contributed by atoms with Crippen LogP contribution in [0.2, 0.25) is 0 Å². The maximum atomic E-state index is 12.6. The van der Waals surface area contributed by atoms with Crippen molar-refractivity contribution >= 4 is 11.5 Å². The minimum absolute atomic E-state index is 0.102. The van der Waals surface area contributed by atoms with Gasteiger partial charge in [-0.2, -0.15) is 13.2 Å². The molecule has 0 aromatic carbocycles. The van der Waals surface area contributed by atoms with Crippen LogP contribution < -0.4 is 16.0 Å². The lowest BCUT2D eigenvalue weighted by Crippen LogP contribution is -2.57. The molecule has 1 fully saturated rings. The molecular weight excluding hydrogens is 233 g/mol. The second-order valence-electron chi connectivity index (χ2n) is 3.94. The molecule has 4 nitrogen and oxygen atoms in total. The molecule has 0 amide bonds. The van der Waals surface area contributed by atoms with Gasteiger partial charge in [0.05, 0.1) is 11.9 Å². The Morgan fingerprint density at radius 1 is 1.41 bits per heavy atom. The molecular formula is C10H13F3N4. The molecule has 1 aliphatic heterocycles. The van der Waals surface area contributed by atoms with Crippen LogP contribution >= 0.6 is 0 Å². The van der Waals surface area contributed by atoms with Crippen molar-refractivity contribution in [1.29, 1.82) is 0 Å². The summed E-state index contributed by atoms with van der Waals surface area (Å²) in [5.74, 6) is 0.358. The summed E-state index contributed by atoms with van der Waals surface area (Å²) in [7, 11) is 0. The molecule has 1 saturated heterocycles. The number of nitrogens with two attached hydrogens (primary N) is 1. The van der Waals surface area contributed by atoms with Crippen molar-refractivity contribution in [2.24, 2.45) is 0 Å². The third kappa shape index (κ3) is 2.79. The number of halogens is 3. The van der Waals surface area contributed by atoms with E-state index in [4.69, 9.17) is 5.73 Å². The normalized spacial score (nSPS) is 21.6. The molecule has 1 aliphatic rings. The zero-order valence-electron chi connectivity index (χ0n) is 9.04. The Bertz CT molecular complexity index is 376. The van der Waals surface area contributed by atoms with Crippen molar-refractivity contribution in [1.82, 2.24) is 10.3 Å². The van der Waals surface area contributed by atoms with E-state index in [9.17, 15) is 13.2 Å². The van der Waals surface area contributed by atoms with Crippen LogP contribution in [0.3, 0.4) is 0 Å². The largest absolute Gasteiger partial charge is 0.405 e. The van der Waals surface area contributed by atoms with Crippen LogP contribution in [-0.2, 0) is 0 Å². The van der Waals surface area contributed by atoms with Crippen LogP contribution in [-0.4, -0.2) is 36.8 Å². The SMILES string of the molecule is Nc1ccc(N2CCNC(C(F)(F)F)C2)cn1. The van der Waals surface area contributed by atoms with E-state index in [2.05, 4.69) is 10.3 Å². The first-order chi connectivity index (χ1) is 7.97. The van der Waals surface area contributed by atoms with E-state index in [1.807, 2.05) is 0 Å². The topological polar surface area (TPSA) is 54.2 Å². The number of hydrogen-bond donors (Lipinski definition) is 2. The lowest BCUT2D eigenvalue weighted by atomic mass is 10.2. The summed E-state index contributed by atoms with van der Waals surface area (Å²) < 4.78 is 37.7. The number of nitrogens with one attached hydrogen (secondary N) is 1. The van der Waals surface area contributed by atoms with Gasteiger partial charge in [0, 0.05) is 19.6 Å². The number of pyridine rings is 1. The molecule has 3 N–H and O–H groups in total. The number of nitrogens with zero attached hydrogens (tertiary/aromatic N) is 2. The van der Waals surface area contributed by atoms with Gasteiger partial charge < -0.3 is 16.0 Å². The van der Waals surface area contributed by atoms with Gasteiger partial charge in [-0.05, 0) is 12.1 Å². The van der Waals surface area contributed by atoms with E-state index in [0.29, 0.717) is 24.6 Å². The fraction of sp³-hybridized carbons (Fsp3) is 0.500. The van der Waals surface area contributed by atoms with E-state index in [0.717, 1.165) is 0 Å². The molecule has 17 heavy (non-hydrogen) atoms. The van der Waals surface area contributed by atoms with E-state index < -0.39 is 12.2 Å². The molecule has 94 valence electrons. The highest BCUT2D eigenvalue weighted by atomic mass is 19.4. The molecule has 1 aromatic rings. The lowest BCUT2D eigenvalue weighted by Gasteiger charge is -2.35. The second kappa shape index (κ2) is 4.40. The summed E-state index contributed by atoms with van der Waals surface area (Å²) in [5, 5.41) is 2.46.